The fourth-order valence-corrected chi connectivity index (χ4v) is 2.86. The van der Waals surface area contributed by atoms with Gasteiger partial charge in [-0.3, -0.25) is 4.79 Å². The van der Waals surface area contributed by atoms with Crippen molar-refractivity contribution in [2.45, 2.75) is 58.0 Å². The van der Waals surface area contributed by atoms with E-state index in [1.54, 1.807) is 25.5 Å². The van der Waals surface area contributed by atoms with Gasteiger partial charge in [-0.25, -0.2) is 14.1 Å². The van der Waals surface area contributed by atoms with Crippen LogP contribution in [-0.2, 0) is 16.6 Å². The molecule has 0 atom stereocenters. The summed E-state index contributed by atoms with van der Waals surface area (Å²) in [6.45, 7) is 5.49. The van der Waals surface area contributed by atoms with Crippen molar-refractivity contribution in [1.82, 2.24) is 14.8 Å². The smallest absolute Gasteiger partial charge is 0.306 e. The molecule has 1 saturated carbocycles. The largest absolute Gasteiger partial charge is 0.489 e. The van der Waals surface area contributed by atoms with Crippen LogP contribution in [0.3, 0.4) is 0 Å². The first-order valence-electron chi connectivity index (χ1n) is 9.89. The third kappa shape index (κ3) is 6.14. The monoisotopic (exact) mass is 401 g/mol. The van der Waals surface area contributed by atoms with Crippen LogP contribution >= 0.6 is 0 Å². The number of rotatable bonds is 8. The van der Waals surface area contributed by atoms with E-state index < -0.39 is 5.60 Å². The van der Waals surface area contributed by atoms with Crippen LogP contribution in [0, 0.1) is 0 Å². The topological polar surface area (TPSA) is 66.2 Å². The highest BCUT2D eigenvalue weighted by atomic mass is 19.1. The molecule has 1 heterocycles. The van der Waals surface area contributed by atoms with Crippen LogP contribution in [-0.4, -0.2) is 32.9 Å². The normalized spacial score (nSPS) is 14.7. The number of ether oxygens (including phenoxy) is 2. The summed E-state index contributed by atoms with van der Waals surface area (Å²) in [5.41, 5.74) is 0.810. The summed E-state index contributed by atoms with van der Waals surface area (Å²) in [6, 6.07) is 7.47. The lowest BCUT2D eigenvalue weighted by atomic mass is 10.1. The van der Waals surface area contributed by atoms with E-state index in [2.05, 4.69) is 10.1 Å². The van der Waals surface area contributed by atoms with Crippen molar-refractivity contribution in [3.8, 4) is 17.1 Å². The van der Waals surface area contributed by atoms with Crippen LogP contribution < -0.4 is 4.74 Å². The summed E-state index contributed by atoms with van der Waals surface area (Å²) in [4.78, 5) is 16.4. The zero-order valence-electron chi connectivity index (χ0n) is 17.4. The second kappa shape index (κ2) is 8.76. The summed E-state index contributed by atoms with van der Waals surface area (Å²) < 4.78 is 25.8. The van der Waals surface area contributed by atoms with E-state index >= 15 is 0 Å². The van der Waals surface area contributed by atoms with Crippen molar-refractivity contribution in [3.63, 3.8) is 0 Å². The van der Waals surface area contributed by atoms with Gasteiger partial charge in [-0.15, -0.1) is 0 Å². The number of hydrogen-bond donors (Lipinski definition) is 0. The summed E-state index contributed by atoms with van der Waals surface area (Å²) in [6.07, 6.45) is 3.19. The number of aromatic nitrogens is 3. The van der Waals surface area contributed by atoms with Crippen molar-refractivity contribution in [2.75, 3.05) is 6.61 Å². The Hall–Kier alpha value is -2.70. The Morgan fingerprint density at radius 1 is 1.24 bits per heavy atom. The number of benzene rings is 1. The van der Waals surface area contributed by atoms with Gasteiger partial charge in [0, 0.05) is 24.9 Å². The molecule has 0 aliphatic heterocycles. The van der Waals surface area contributed by atoms with Crippen molar-refractivity contribution >= 4 is 5.97 Å². The van der Waals surface area contributed by atoms with Gasteiger partial charge in [0.2, 0.25) is 0 Å². The molecule has 1 aliphatic rings. The number of esters is 1. The van der Waals surface area contributed by atoms with Crippen molar-refractivity contribution in [1.29, 1.82) is 0 Å². The Labute approximate surface area is 170 Å². The first kappa shape index (κ1) is 21.0. The molecule has 0 amide bonds. The molecule has 7 heteroatoms. The molecule has 6 nitrogen and oxygen atoms in total. The van der Waals surface area contributed by atoms with E-state index in [9.17, 15) is 9.18 Å². The Balaban J connectivity index is 1.52. The van der Waals surface area contributed by atoms with Crippen LogP contribution in [0.1, 0.15) is 58.2 Å². The van der Waals surface area contributed by atoms with E-state index in [0.717, 1.165) is 30.1 Å². The quantitative estimate of drug-likeness (QED) is 0.599. The number of nitrogens with zero attached hydrogens (tertiary/aromatic N) is 3. The van der Waals surface area contributed by atoms with Crippen molar-refractivity contribution < 1.29 is 18.7 Å². The average Bonchev–Trinajstić information content (AvgIpc) is 3.43. The Morgan fingerprint density at radius 3 is 2.52 bits per heavy atom. The van der Waals surface area contributed by atoms with Gasteiger partial charge in [-0.2, -0.15) is 5.10 Å². The zero-order valence-corrected chi connectivity index (χ0v) is 17.4. The molecule has 0 bridgehead atoms. The molecule has 1 fully saturated rings. The number of aryl methyl sites for hydroxylation is 1. The minimum absolute atomic E-state index is 0.0778. The first-order chi connectivity index (χ1) is 13.7. The minimum Gasteiger partial charge on any atom is -0.489 e. The maximum absolute atomic E-state index is 13.1. The predicted octanol–water partition coefficient (Wildman–Crippen LogP) is 4.71. The van der Waals surface area contributed by atoms with Crippen molar-refractivity contribution in [2.24, 2.45) is 7.05 Å². The molecular weight excluding hydrogens is 373 g/mol. The van der Waals surface area contributed by atoms with Crippen LogP contribution in [0.2, 0.25) is 0 Å². The Kier molecular flexibility index (Phi) is 6.35. The molecule has 0 unspecified atom stereocenters. The van der Waals surface area contributed by atoms with E-state index in [4.69, 9.17) is 9.47 Å². The molecule has 29 heavy (non-hydrogen) atoms. The van der Waals surface area contributed by atoms with Gasteiger partial charge in [-0.1, -0.05) is 0 Å². The molecular formula is C22H28FN3O3. The summed E-state index contributed by atoms with van der Waals surface area (Å²) in [7, 11) is 1.89. The zero-order chi connectivity index (χ0) is 21.0. The number of carbonyl (C=O) groups excluding carboxylic acids is 1. The molecule has 1 aliphatic carbocycles. The minimum atomic E-state index is -0.545. The third-order valence-corrected chi connectivity index (χ3v) is 4.48. The van der Waals surface area contributed by atoms with E-state index in [-0.39, 0.29) is 25.4 Å². The fourth-order valence-electron chi connectivity index (χ4n) is 2.86. The highest BCUT2D eigenvalue weighted by molar-refractivity contribution is 5.70. The van der Waals surface area contributed by atoms with Crippen molar-refractivity contribution in [3.05, 3.63) is 42.0 Å². The lowest BCUT2D eigenvalue weighted by Crippen LogP contribution is -2.23. The lowest BCUT2D eigenvalue weighted by molar-refractivity contribution is -0.154. The molecule has 0 radical (unpaired) electrons. The van der Waals surface area contributed by atoms with Gasteiger partial charge in [0.25, 0.3) is 0 Å². The lowest BCUT2D eigenvalue weighted by Gasteiger charge is -2.19. The van der Waals surface area contributed by atoms with Crippen LogP contribution in [0.25, 0.3) is 11.4 Å². The SMILES string of the molecule is Cn1nc(C2CC2)nc1-c1ccc(OC/C(=C/F)CCC(=O)OC(C)(C)C)cc1. The third-order valence-electron chi connectivity index (χ3n) is 4.48. The molecule has 1 aromatic heterocycles. The maximum atomic E-state index is 13.1. The molecule has 1 aromatic carbocycles. The van der Waals surface area contributed by atoms with Gasteiger partial charge in [-0.05, 0) is 69.9 Å². The van der Waals surface area contributed by atoms with E-state index in [1.807, 2.05) is 31.3 Å². The highest BCUT2D eigenvalue weighted by Gasteiger charge is 2.28. The molecule has 156 valence electrons. The van der Waals surface area contributed by atoms with Gasteiger partial charge in [0.05, 0.1) is 6.33 Å². The van der Waals surface area contributed by atoms with Crippen LogP contribution in [0.4, 0.5) is 4.39 Å². The number of halogens is 1. The summed E-state index contributed by atoms with van der Waals surface area (Å²) >= 11 is 0. The standard InChI is InChI=1S/C22H28FN3O3/c1-22(2,3)29-19(27)12-5-15(13-23)14-28-18-10-8-17(9-11-18)21-24-20(16-6-7-16)25-26(21)4/h8-11,13,16H,5-7,12,14H2,1-4H3/b15-13+. The van der Waals surface area contributed by atoms with Gasteiger partial charge in [0.1, 0.15) is 18.0 Å². The Bertz CT molecular complexity index is 878. The molecule has 0 saturated heterocycles. The maximum Gasteiger partial charge on any atom is 0.306 e. The average molecular weight is 401 g/mol. The molecule has 0 N–H and O–H groups in total. The molecule has 3 rings (SSSR count). The fraction of sp³-hybridized carbons (Fsp3) is 0.500. The first-order valence-corrected chi connectivity index (χ1v) is 9.89. The molecule has 2 aromatic rings. The number of hydrogen-bond acceptors (Lipinski definition) is 5. The number of carbonyl (C=O) groups is 1. The van der Waals surface area contributed by atoms with Gasteiger partial charge in [0.15, 0.2) is 11.6 Å². The Morgan fingerprint density at radius 2 is 1.93 bits per heavy atom. The highest BCUT2D eigenvalue weighted by Crippen LogP contribution is 2.38. The second-order valence-electron chi connectivity index (χ2n) is 8.36. The van der Waals surface area contributed by atoms with Gasteiger partial charge >= 0.3 is 5.97 Å². The summed E-state index contributed by atoms with van der Waals surface area (Å²) in [5, 5.41) is 4.49. The molecule has 0 spiro atoms. The van der Waals surface area contributed by atoms with Crippen LogP contribution in [0.5, 0.6) is 5.75 Å². The predicted molar refractivity (Wildman–Crippen MR) is 108 cm³/mol. The van der Waals surface area contributed by atoms with E-state index in [1.165, 1.54) is 0 Å². The summed E-state index contributed by atoms with van der Waals surface area (Å²) in [5.74, 6) is 2.50. The van der Waals surface area contributed by atoms with E-state index in [0.29, 0.717) is 23.6 Å². The van der Waals surface area contributed by atoms with Gasteiger partial charge < -0.3 is 9.47 Å². The van der Waals surface area contributed by atoms with Crippen LogP contribution in [0.15, 0.2) is 36.2 Å². The second-order valence-corrected chi connectivity index (χ2v) is 8.36.